The first-order valence-electron chi connectivity index (χ1n) is 14.0. The fourth-order valence-corrected chi connectivity index (χ4v) is 7.38. The van der Waals surface area contributed by atoms with Gasteiger partial charge in [0.2, 0.25) is 0 Å². The van der Waals surface area contributed by atoms with Gasteiger partial charge in [-0.25, -0.2) is 9.18 Å². The first-order chi connectivity index (χ1) is 18.1. The Morgan fingerprint density at radius 2 is 1.73 bits per heavy atom. The molecule has 192 valence electrons. The van der Waals surface area contributed by atoms with Gasteiger partial charge in [0.15, 0.2) is 0 Å². The maximum Gasteiger partial charge on any atom is 0.335 e. The number of carboxylic acids is 1. The molecule has 0 bridgehead atoms. The van der Waals surface area contributed by atoms with E-state index in [0.29, 0.717) is 11.5 Å². The van der Waals surface area contributed by atoms with Crippen molar-refractivity contribution in [3.63, 3.8) is 0 Å². The molecule has 7 rings (SSSR count). The number of aromatic carboxylic acids is 1. The highest BCUT2D eigenvalue weighted by atomic mass is 19.1. The minimum absolute atomic E-state index is 0.138. The molecule has 2 fully saturated rings. The summed E-state index contributed by atoms with van der Waals surface area (Å²) in [7, 11) is 0. The second-order valence-corrected chi connectivity index (χ2v) is 11.3. The topological polar surface area (TPSA) is 50.4 Å². The van der Waals surface area contributed by atoms with E-state index in [1.807, 2.05) is 18.2 Å². The highest BCUT2D eigenvalue weighted by molar-refractivity contribution is 6.03. The fraction of sp³-hybridized carbons (Fsp3) is 0.452. The van der Waals surface area contributed by atoms with E-state index in [-0.39, 0.29) is 5.82 Å². The molecule has 0 atom stereocenters. The second kappa shape index (κ2) is 9.02. The van der Waals surface area contributed by atoms with Crippen LogP contribution in [0.2, 0.25) is 0 Å². The van der Waals surface area contributed by atoms with E-state index >= 15 is 4.39 Å². The van der Waals surface area contributed by atoms with Crippen molar-refractivity contribution in [3.05, 3.63) is 59.0 Å². The zero-order valence-electron chi connectivity index (χ0n) is 21.3. The van der Waals surface area contributed by atoms with Gasteiger partial charge >= 0.3 is 5.97 Å². The summed E-state index contributed by atoms with van der Waals surface area (Å²) in [5.74, 6) is -0.595. The third-order valence-electron chi connectivity index (χ3n) is 9.07. The van der Waals surface area contributed by atoms with Crippen LogP contribution in [0.1, 0.15) is 78.8 Å². The number of hydrogen-bond acceptors (Lipinski definition) is 2. The molecule has 0 radical (unpaired) electrons. The fourth-order valence-electron chi connectivity index (χ4n) is 7.38. The maximum atomic E-state index is 15.6. The number of rotatable bonds is 4. The van der Waals surface area contributed by atoms with Crippen molar-refractivity contribution in [2.45, 2.75) is 76.9 Å². The molecule has 1 saturated heterocycles. The van der Waals surface area contributed by atoms with Crippen molar-refractivity contribution in [3.8, 4) is 11.3 Å². The van der Waals surface area contributed by atoms with Gasteiger partial charge in [-0.05, 0) is 80.1 Å². The molecular weight excluding hydrogens is 465 g/mol. The Kier molecular flexibility index (Phi) is 5.61. The molecule has 37 heavy (non-hydrogen) atoms. The lowest BCUT2D eigenvalue weighted by atomic mass is 9.81. The number of likely N-dealkylation sites (tertiary alicyclic amines) is 1. The quantitative estimate of drug-likeness (QED) is 0.324. The number of carboxylic acid groups (broad SMARTS) is 1. The van der Waals surface area contributed by atoms with Gasteiger partial charge in [-0.15, -0.1) is 0 Å². The summed E-state index contributed by atoms with van der Waals surface area (Å²) < 4.78 is 20.2. The van der Waals surface area contributed by atoms with Gasteiger partial charge < -0.3 is 14.2 Å². The number of aromatic nitrogens is 2. The number of carbonyl (C=O) groups is 1. The third-order valence-corrected chi connectivity index (χ3v) is 9.07. The molecule has 2 aliphatic heterocycles. The SMILES string of the molecule is O=C(O)c1ccc2c(C3CCCCC3)c3n(c2c1)CCn1cc(CN2CCCCC2)c2c(F)ccc-3c21. The molecule has 1 saturated carbocycles. The number of benzene rings is 2. The lowest BCUT2D eigenvalue weighted by molar-refractivity contribution is 0.0697. The van der Waals surface area contributed by atoms with E-state index in [9.17, 15) is 9.90 Å². The standard InChI is InChI=1S/C31H34FN3O2/c32-25-12-11-24-29-28(25)22(18-33-13-5-2-6-14-33)19-34(29)15-16-35-26-17-21(31(36)37)9-10-23(26)27(30(24)35)20-7-3-1-4-8-20/h9-12,17,19-20H,1-8,13-16,18H2,(H,36,37). The predicted molar refractivity (Wildman–Crippen MR) is 145 cm³/mol. The Labute approximate surface area is 216 Å². The van der Waals surface area contributed by atoms with Crippen LogP contribution in [0.25, 0.3) is 33.1 Å². The lowest BCUT2D eigenvalue weighted by Gasteiger charge is -2.26. The molecule has 0 amide bonds. The number of fused-ring (bicyclic) bond motifs is 4. The molecule has 4 heterocycles. The van der Waals surface area contributed by atoms with Crippen LogP contribution in [0.5, 0.6) is 0 Å². The Morgan fingerprint density at radius 3 is 2.51 bits per heavy atom. The van der Waals surface area contributed by atoms with E-state index in [2.05, 4.69) is 20.2 Å². The number of nitrogens with zero attached hydrogens (tertiary/aromatic N) is 3. The molecule has 3 aliphatic rings. The zero-order valence-corrected chi connectivity index (χ0v) is 21.3. The second-order valence-electron chi connectivity index (χ2n) is 11.3. The van der Waals surface area contributed by atoms with E-state index in [1.165, 1.54) is 49.8 Å². The molecule has 1 N–H and O–H groups in total. The van der Waals surface area contributed by atoms with Crippen LogP contribution in [0.15, 0.2) is 36.5 Å². The summed E-state index contributed by atoms with van der Waals surface area (Å²) in [5, 5.41) is 11.7. The van der Waals surface area contributed by atoms with Crippen molar-refractivity contribution in [1.29, 1.82) is 0 Å². The average Bonchev–Trinajstić information content (AvgIpc) is 3.39. The van der Waals surface area contributed by atoms with Gasteiger partial charge in [0.1, 0.15) is 5.82 Å². The highest BCUT2D eigenvalue weighted by Gasteiger charge is 2.31. The van der Waals surface area contributed by atoms with Crippen LogP contribution in [-0.4, -0.2) is 38.2 Å². The van der Waals surface area contributed by atoms with Gasteiger partial charge in [0, 0.05) is 47.7 Å². The zero-order chi connectivity index (χ0) is 25.1. The monoisotopic (exact) mass is 499 g/mol. The molecular formula is C31H34FN3O2. The molecule has 4 aromatic rings. The summed E-state index contributed by atoms with van der Waals surface area (Å²) in [6, 6.07) is 9.24. The van der Waals surface area contributed by atoms with Crippen LogP contribution in [0.4, 0.5) is 4.39 Å². The van der Waals surface area contributed by atoms with E-state index in [0.717, 1.165) is 78.5 Å². The first-order valence-corrected chi connectivity index (χ1v) is 14.0. The summed E-state index contributed by atoms with van der Waals surface area (Å²) >= 11 is 0. The van der Waals surface area contributed by atoms with Crippen LogP contribution in [-0.2, 0) is 19.6 Å². The van der Waals surface area contributed by atoms with E-state index in [1.54, 1.807) is 12.1 Å². The molecule has 6 heteroatoms. The summed E-state index contributed by atoms with van der Waals surface area (Å²) in [6.45, 7) is 4.44. The van der Waals surface area contributed by atoms with Gasteiger partial charge in [-0.2, -0.15) is 0 Å². The van der Waals surface area contributed by atoms with Crippen molar-refractivity contribution in [2.75, 3.05) is 13.1 Å². The molecule has 5 nitrogen and oxygen atoms in total. The van der Waals surface area contributed by atoms with E-state index < -0.39 is 5.97 Å². The first kappa shape index (κ1) is 23.0. The Hall–Kier alpha value is -3.12. The average molecular weight is 500 g/mol. The Bertz CT molecular complexity index is 1520. The van der Waals surface area contributed by atoms with Crippen molar-refractivity contribution in [1.82, 2.24) is 14.0 Å². The molecule has 2 aromatic carbocycles. The van der Waals surface area contributed by atoms with E-state index in [4.69, 9.17) is 0 Å². The minimum atomic E-state index is -0.900. The van der Waals surface area contributed by atoms with Gasteiger partial charge in [-0.1, -0.05) is 31.7 Å². The van der Waals surface area contributed by atoms with Gasteiger partial charge in [-0.3, -0.25) is 4.90 Å². The summed E-state index contributed by atoms with van der Waals surface area (Å²) in [4.78, 5) is 14.3. The molecule has 1 aliphatic carbocycles. The van der Waals surface area contributed by atoms with Crippen LogP contribution in [0.3, 0.4) is 0 Å². The normalized spacial score (nSPS) is 18.8. The summed E-state index contributed by atoms with van der Waals surface area (Å²) in [5.41, 5.74) is 7.01. The number of halogens is 1. The largest absolute Gasteiger partial charge is 0.478 e. The smallest absolute Gasteiger partial charge is 0.335 e. The minimum Gasteiger partial charge on any atom is -0.478 e. The summed E-state index contributed by atoms with van der Waals surface area (Å²) in [6.07, 6.45) is 11.9. The van der Waals surface area contributed by atoms with Crippen LogP contribution in [0, 0.1) is 5.82 Å². The van der Waals surface area contributed by atoms with Gasteiger partial charge in [0.25, 0.3) is 0 Å². The number of piperidine rings is 1. The highest BCUT2D eigenvalue weighted by Crippen LogP contribution is 2.47. The van der Waals surface area contributed by atoms with Crippen molar-refractivity contribution < 1.29 is 14.3 Å². The maximum absolute atomic E-state index is 15.6. The lowest BCUT2D eigenvalue weighted by Crippen LogP contribution is -2.29. The molecule has 0 spiro atoms. The Balaban J connectivity index is 1.47. The Morgan fingerprint density at radius 1 is 0.946 bits per heavy atom. The van der Waals surface area contributed by atoms with Crippen molar-refractivity contribution in [2.24, 2.45) is 0 Å². The molecule has 0 unspecified atom stereocenters. The number of aryl methyl sites for hydroxylation is 2. The predicted octanol–water partition coefficient (Wildman–Crippen LogP) is 7.15. The van der Waals surface area contributed by atoms with Crippen LogP contribution < -0.4 is 0 Å². The molecule has 2 aromatic heterocycles. The van der Waals surface area contributed by atoms with Crippen molar-refractivity contribution >= 4 is 27.8 Å². The van der Waals surface area contributed by atoms with Gasteiger partial charge in [0.05, 0.1) is 16.8 Å². The third kappa shape index (κ3) is 3.71. The van der Waals surface area contributed by atoms with Crippen LogP contribution >= 0.6 is 0 Å². The number of hydrogen-bond donors (Lipinski definition) is 1.